The first-order chi connectivity index (χ1) is 6.91. The van der Waals surface area contributed by atoms with E-state index in [1.807, 2.05) is 30.3 Å². The van der Waals surface area contributed by atoms with Crippen LogP contribution in [-0.4, -0.2) is 23.1 Å². The molecule has 0 fully saturated rings. The molecule has 16 heavy (non-hydrogen) atoms. The van der Waals surface area contributed by atoms with E-state index in [4.69, 9.17) is 12.2 Å². The third-order valence-electron chi connectivity index (χ3n) is 2.11. The zero-order valence-electron chi connectivity index (χ0n) is 9.21. The summed E-state index contributed by atoms with van der Waals surface area (Å²) in [6.07, 6.45) is 0.346. The Morgan fingerprint density at radius 3 is 2.31 bits per heavy atom. The van der Waals surface area contributed by atoms with Gasteiger partial charge in [-0.05, 0) is 12.5 Å². The van der Waals surface area contributed by atoms with Crippen molar-refractivity contribution < 1.29 is 42.5 Å². The molecule has 1 atom stereocenters. The minimum absolute atomic E-state index is 0. The standard InChI is InChI=1S/C10H12O3S2.Na/c1-8(15(11,12)13)10(14)7-9-5-3-2-4-6-9;/h2-6,8H,7H2,1H3,(H,11,12,13);/q;+1/p-1. The first-order valence-electron chi connectivity index (χ1n) is 4.42. The Morgan fingerprint density at radius 1 is 1.38 bits per heavy atom. The molecule has 0 aliphatic carbocycles. The van der Waals surface area contributed by atoms with Gasteiger partial charge in [-0.1, -0.05) is 42.5 Å². The fourth-order valence-corrected chi connectivity index (χ4v) is 2.03. The van der Waals surface area contributed by atoms with Crippen LogP contribution in [0.5, 0.6) is 0 Å². The maximum absolute atomic E-state index is 10.7. The van der Waals surface area contributed by atoms with Crippen LogP contribution in [0.25, 0.3) is 0 Å². The van der Waals surface area contributed by atoms with Crippen molar-refractivity contribution in [3.05, 3.63) is 35.9 Å². The first-order valence-corrected chi connectivity index (χ1v) is 6.30. The van der Waals surface area contributed by atoms with Crippen LogP contribution in [0.15, 0.2) is 30.3 Å². The molecule has 1 aromatic rings. The van der Waals surface area contributed by atoms with Crippen LogP contribution in [0.4, 0.5) is 0 Å². The van der Waals surface area contributed by atoms with E-state index in [1.165, 1.54) is 6.92 Å². The van der Waals surface area contributed by atoms with Gasteiger partial charge in [-0.3, -0.25) is 0 Å². The van der Waals surface area contributed by atoms with Gasteiger partial charge < -0.3 is 4.55 Å². The zero-order chi connectivity index (χ0) is 11.5. The monoisotopic (exact) mass is 266 g/mol. The summed E-state index contributed by atoms with van der Waals surface area (Å²) in [4.78, 5) is 0.260. The van der Waals surface area contributed by atoms with E-state index in [2.05, 4.69) is 0 Å². The van der Waals surface area contributed by atoms with Crippen molar-refractivity contribution in [2.75, 3.05) is 0 Å². The third-order valence-corrected chi connectivity index (χ3v) is 3.91. The zero-order valence-corrected chi connectivity index (χ0v) is 12.8. The van der Waals surface area contributed by atoms with Gasteiger partial charge in [0.05, 0.1) is 5.25 Å². The topological polar surface area (TPSA) is 57.2 Å². The van der Waals surface area contributed by atoms with Crippen molar-refractivity contribution >= 4 is 27.2 Å². The number of hydrogen-bond acceptors (Lipinski definition) is 4. The average Bonchev–Trinajstić information content (AvgIpc) is 2.16. The molecule has 0 aliphatic heterocycles. The maximum atomic E-state index is 10.7. The molecule has 0 aromatic heterocycles. The van der Waals surface area contributed by atoms with Crippen molar-refractivity contribution in [3.8, 4) is 0 Å². The number of benzene rings is 1. The van der Waals surface area contributed by atoms with Gasteiger partial charge in [-0.2, -0.15) is 0 Å². The predicted octanol–water partition coefficient (Wildman–Crippen LogP) is -1.46. The second-order valence-corrected chi connectivity index (χ2v) is 5.48. The molecular formula is C10H11NaO3S2. The van der Waals surface area contributed by atoms with Gasteiger partial charge in [-0.25, -0.2) is 8.42 Å². The fourth-order valence-electron chi connectivity index (χ4n) is 1.10. The molecule has 82 valence electrons. The third kappa shape index (κ3) is 5.03. The van der Waals surface area contributed by atoms with Gasteiger partial charge in [0, 0.05) is 11.3 Å². The summed E-state index contributed by atoms with van der Waals surface area (Å²) >= 11 is 4.93. The van der Waals surface area contributed by atoms with Gasteiger partial charge >= 0.3 is 29.6 Å². The molecule has 0 aliphatic rings. The van der Waals surface area contributed by atoms with E-state index in [9.17, 15) is 13.0 Å². The molecule has 6 heteroatoms. The maximum Gasteiger partial charge on any atom is 1.00 e. The van der Waals surface area contributed by atoms with Gasteiger partial charge in [0.2, 0.25) is 0 Å². The molecule has 3 nitrogen and oxygen atoms in total. The van der Waals surface area contributed by atoms with Crippen LogP contribution in [-0.2, 0) is 16.5 Å². The van der Waals surface area contributed by atoms with Crippen LogP contribution in [0.1, 0.15) is 12.5 Å². The molecule has 1 rings (SSSR count). The first kappa shape index (κ1) is 16.2. The summed E-state index contributed by atoms with van der Waals surface area (Å²) in [7, 11) is -4.31. The molecule has 0 radical (unpaired) electrons. The Labute approximate surface area is 123 Å². The van der Waals surface area contributed by atoms with Gasteiger partial charge in [-0.15, -0.1) is 0 Å². The summed E-state index contributed by atoms with van der Waals surface area (Å²) in [5.74, 6) is 0. The molecule has 0 bridgehead atoms. The van der Waals surface area contributed by atoms with Gasteiger partial charge in [0.15, 0.2) is 0 Å². The van der Waals surface area contributed by atoms with E-state index < -0.39 is 15.4 Å². The second kappa shape index (κ2) is 6.83. The Balaban J connectivity index is 0.00000225. The summed E-state index contributed by atoms with van der Waals surface area (Å²) in [5.41, 5.74) is 0.915. The molecule has 0 spiro atoms. The van der Waals surface area contributed by atoms with Crippen molar-refractivity contribution in [2.24, 2.45) is 0 Å². The molecule has 1 aromatic carbocycles. The van der Waals surface area contributed by atoms with Crippen LogP contribution < -0.4 is 29.6 Å². The minimum Gasteiger partial charge on any atom is -0.747 e. The minimum atomic E-state index is -4.31. The van der Waals surface area contributed by atoms with Crippen molar-refractivity contribution in [1.82, 2.24) is 0 Å². The SMILES string of the molecule is CC(C(=S)Cc1ccccc1)S(=O)(=O)[O-].[Na+]. The molecule has 1 unspecified atom stereocenters. The van der Waals surface area contributed by atoms with E-state index >= 15 is 0 Å². The summed E-state index contributed by atoms with van der Waals surface area (Å²) in [5, 5.41) is -1.10. The summed E-state index contributed by atoms with van der Waals surface area (Å²) in [6.45, 7) is 1.33. The van der Waals surface area contributed by atoms with Crippen LogP contribution in [0.3, 0.4) is 0 Å². The molecular weight excluding hydrogens is 255 g/mol. The summed E-state index contributed by atoms with van der Waals surface area (Å²) < 4.78 is 32.2. The second-order valence-electron chi connectivity index (χ2n) is 3.26. The molecule has 0 heterocycles. The predicted molar refractivity (Wildman–Crippen MR) is 61.9 cm³/mol. The van der Waals surface area contributed by atoms with Gasteiger partial charge in [0.25, 0.3) is 0 Å². The Kier molecular flexibility index (Phi) is 6.93. The van der Waals surface area contributed by atoms with Crippen molar-refractivity contribution in [3.63, 3.8) is 0 Å². The molecule has 0 N–H and O–H groups in total. The van der Waals surface area contributed by atoms with Crippen molar-refractivity contribution in [1.29, 1.82) is 0 Å². The quantitative estimate of drug-likeness (QED) is 0.379. The fraction of sp³-hybridized carbons (Fsp3) is 0.300. The van der Waals surface area contributed by atoms with E-state index in [0.29, 0.717) is 6.42 Å². The van der Waals surface area contributed by atoms with Crippen molar-refractivity contribution in [2.45, 2.75) is 18.6 Å². The van der Waals surface area contributed by atoms with E-state index in [1.54, 1.807) is 0 Å². The van der Waals surface area contributed by atoms with E-state index in [0.717, 1.165) is 5.56 Å². The average molecular weight is 266 g/mol. The number of rotatable bonds is 4. The molecule has 0 saturated heterocycles. The molecule has 0 amide bonds. The smallest absolute Gasteiger partial charge is 0.747 e. The van der Waals surface area contributed by atoms with E-state index in [-0.39, 0.29) is 34.4 Å². The van der Waals surface area contributed by atoms with Gasteiger partial charge in [0.1, 0.15) is 10.1 Å². The largest absolute Gasteiger partial charge is 1.00 e. The van der Waals surface area contributed by atoms with Crippen LogP contribution >= 0.6 is 12.2 Å². The Hall–Kier alpha value is 0.220. The number of thiocarbonyl (C=S) groups is 1. The Morgan fingerprint density at radius 2 is 1.88 bits per heavy atom. The van der Waals surface area contributed by atoms with Crippen LogP contribution in [0, 0.1) is 0 Å². The number of hydrogen-bond donors (Lipinski definition) is 0. The van der Waals surface area contributed by atoms with Crippen LogP contribution in [0.2, 0.25) is 0 Å². The summed E-state index contributed by atoms with van der Waals surface area (Å²) in [6, 6.07) is 9.23. The Bertz CT molecular complexity index is 442. The normalized spacial score (nSPS) is 12.6. The molecule has 0 saturated carbocycles.